The van der Waals surface area contributed by atoms with E-state index in [4.69, 9.17) is 5.10 Å². The van der Waals surface area contributed by atoms with Crippen molar-refractivity contribution in [1.82, 2.24) is 20.1 Å². The Balaban J connectivity index is 1.94. The van der Waals surface area contributed by atoms with Crippen LogP contribution in [0.1, 0.15) is 5.69 Å². The van der Waals surface area contributed by atoms with Crippen molar-refractivity contribution >= 4 is 0 Å². The van der Waals surface area contributed by atoms with E-state index in [9.17, 15) is 4.39 Å². The summed E-state index contributed by atoms with van der Waals surface area (Å²) in [7, 11) is 0. The average molecular weight is 294 g/mol. The van der Waals surface area contributed by atoms with Gasteiger partial charge >= 0.3 is 0 Å². The molecule has 0 amide bonds. The predicted molar refractivity (Wildman–Crippen MR) is 82.6 cm³/mol. The number of nitrogens with zero attached hydrogens (tertiary/aromatic N) is 3. The fourth-order valence-electron chi connectivity index (χ4n) is 2.88. The molecule has 1 N–H and O–H groups in total. The van der Waals surface area contributed by atoms with Crippen LogP contribution in [0.4, 0.5) is 4.39 Å². The topological polar surface area (TPSA) is 42.7 Å². The maximum Gasteiger partial charge on any atom is 0.123 e. The molecule has 1 aliphatic heterocycles. The molecule has 5 heteroatoms. The van der Waals surface area contributed by atoms with Crippen LogP contribution >= 0.6 is 0 Å². The molecule has 0 saturated carbocycles. The zero-order valence-electron chi connectivity index (χ0n) is 12.0. The molecule has 0 bridgehead atoms. The number of benzene rings is 1. The molecule has 0 fully saturated rings. The highest BCUT2D eigenvalue weighted by atomic mass is 19.1. The molecule has 2 aromatic heterocycles. The molecule has 4 rings (SSSR count). The minimum atomic E-state index is -0.236. The molecule has 0 unspecified atom stereocenters. The van der Waals surface area contributed by atoms with E-state index >= 15 is 0 Å². The van der Waals surface area contributed by atoms with Crippen molar-refractivity contribution in [3.63, 3.8) is 0 Å². The maximum atomic E-state index is 13.2. The van der Waals surface area contributed by atoms with Gasteiger partial charge in [-0.25, -0.2) is 4.39 Å². The van der Waals surface area contributed by atoms with E-state index < -0.39 is 0 Å². The number of fused-ring (bicyclic) bond motifs is 1. The van der Waals surface area contributed by atoms with E-state index in [-0.39, 0.29) is 5.82 Å². The van der Waals surface area contributed by atoms with Gasteiger partial charge in [0.2, 0.25) is 0 Å². The Labute approximate surface area is 127 Å². The summed E-state index contributed by atoms with van der Waals surface area (Å²) in [5.41, 5.74) is 5.16. The third-order valence-corrected chi connectivity index (χ3v) is 3.94. The summed E-state index contributed by atoms with van der Waals surface area (Å²) in [4.78, 5) is 4.09. The normalized spacial score (nSPS) is 13.9. The second-order valence-electron chi connectivity index (χ2n) is 5.31. The van der Waals surface area contributed by atoms with Crippen LogP contribution in [0.25, 0.3) is 22.4 Å². The van der Waals surface area contributed by atoms with Gasteiger partial charge in [-0.1, -0.05) is 0 Å². The van der Waals surface area contributed by atoms with Gasteiger partial charge in [0.25, 0.3) is 0 Å². The van der Waals surface area contributed by atoms with Crippen LogP contribution in [-0.2, 0) is 13.1 Å². The van der Waals surface area contributed by atoms with Gasteiger partial charge in [-0.05, 0) is 42.0 Å². The molecule has 3 heterocycles. The fourth-order valence-corrected chi connectivity index (χ4v) is 2.88. The fraction of sp³-hybridized carbons (Fsp3) is 0.176. The highest BCUT2D eigenvalue weighted by Crippen LogP contribution is 2.35. The summed E-state index contributed by atoms with van der Waals surface area (Å²) in [5, 5.41) is 8.15. The van der Waals surface area contributed by atoms with Gasteiger partial charge in [-0.15, -0.1) is 0 Å². The number of hydrogen-bond donors (Lipinski definition) is 1. The number of halogens is 1. The van der Waals surface area contributed by atoms with E-state index in [2.05, 4.69) is 10.3 Å². The highest BCUT2D eigenvalue weighted by molar-refractivity contribution is 5.82. The first kappa shape index (κ1) is 13.2. The van der Waals surface area contributed by atoms with E-state index in [0.717, 1.165) is 47.7 Å². The molecule has 4 nitrogen and oxygen atoms in total. The number of nitrogens with one attached hydrogen (secondary N) is 1. The SMILES string of the molecule is Fc1ccc(-c2nn3c(c2-c2ccncc2)CNCC3)cc1. The van der Waals surface area contributed by atoms with Crippen molar-refractivity contribution in [1.29, 1.82) is 0 Å². The zero-order valence-corrected chi connectivity index (χ0v) is 12.0. The molecule has 0 saturated heterocycles. The van der Waals surface area contributed by atoms with Crippen molar-refractivity contribution in [3.8, 4) is 22.4 Å². The van der Waals surface area contributed by atoms with Crippen molar-refractivity contribution in [2.75, 3.05) is 6.54 Å². The van der Waals surface area contributed by atoms with Crippen LogP contribution < -0.4 is 5.32 Å². The summed E-state index contributed by atoms with van der Waals surface area (Å²) < 4.78 is 15.3. The summed E-state index contributed by atoms with van der Waals surface area (Å²) in [6.07, 6.45) is 3.56. The number of aromatic nitrogens is 3. The van der Waals surface area contributed by atoms with Crippen molar-refractivity contribution in [3.05, 3.63) is 60.3 Å². The maximum absolute atomic E-state index is 13.2. The van der Waals surface area contributed by atoms with Crippen LogP contribution in [0.15, 0.2) is 48.8 Å². The highest BCUT2D eigenvalue weighted by Gasteiger charge is 2.22. The van der Waals surface area contributed by atoms with Gasteiger partial charge in [-0.2, -0.15) is 5.10 Å². The average Bonchev–Trinajstić information content (AvgIpc) is 2.96. The van der Waals surface area contributed by atoms with Crippen LogP contribution in [0.2, 0.25) is 0 Å². The molecule has 22 heavy (non-hydrogen) atoms. The number of rotatable bonds is 2. The Morgan fingerprint density at radius 1 is 1.00 bits per heavy atom. The third kappa shape index (κ3) is 2.19. The summed E-state index contributed by atoms with van der Waals surface area (Å²) in [6.45, 7) is 2.54. The Morgan fingerprint density at radius 2 is 1.77 bits per heavy atom. The quantitative estimate of drug-likeness (QED) is 0.790. The van der Waals surface area contributed by atoms with Crippen LogP contribution in [0.5, 0.6) is 0 Å². The number of pyridine rings is 1. The largest absolute Gasteiger partial charge is 0.309 e. The van der Waals surface area contributed by atoms with E-state index in [1.165, 1.54) is 12.1 Å². The lowest BCUT2D eigenvalue weighted by Crippen LogP contribution is -2.28. The van der Waals surface area contributed by atoms with Gasteiger partial charge in [0.1, 0.15) is 11.5 Å². The molecule has 0 atom stereocenters. The second kappa shape index (κ2) is 5.35. The molecular weight excluding hydrogens is 279 g/mol. The first-order valence-electron chi connectivity index (χ1n) is 7.29. The van der Waals surface area contributed by atoms with Crippen LogP contribution in [-0.4, -0.2) is 21.3 Å². The summed E-state index contributed by atoms with van der Waals surface area (Å²) in [5.74, 6) is -0.236. The van der Waals surface area contributed by atoms with Crippen molar-refractivity contribution < 1.29 is 4.39 Å². The second-order valence-corrected chi connectivity index (χ2v) is 5.31. The lowest BCUT2D eigenvalue weighted by atomic mass is 9.99. The predicted octanol–water partition coefficient (Wildman–Crippen LogP) is 2.85. The molecule has 0 radical (unpaired) electrons. The molecule has 1 aliphatic rings. The minimum absolute atomic E-state index is 0.236. The van der Waals surface area contributed by atoms with E-state index in [1.807, 2.05) is 16.8 Å². The third-order valence-electron chi connectivity index (χ3n) is 3.94. The Bertz CT molecular complexity index is 794. The van der Waals surface area contributed by atoms with Crippen molar-refractivity contribution in [2.45, 2.75) is 13.1 Å². The molecule has 0 aliphatic carbocycles. The summed E-state index contributed by atoms with van der Waals surface area (Å²) >= 11 is 0. The van der Waals surface area contributed by atoms with Crippen LogP contribution in [0, 0.1) is 5.82 Å². The molecule has 1 aromatic carbocycles. The molecule has 3 aromatic rings. The Kier molecular flexibility index (Phi) is 3.20. The van der Waals surface area contributed by atoms with Gasteiger partial charge < -0.3 is 5.32 Å². The summed E-state index contributed by atoms with van der Waals surface area (Å²) in [6, 6.07) is 10.5. The molecular formula is C17H15FN4. The smallest absolute Gasteiger partial charge is 0.123 e. The Hall–Kier alpha value is -2.53. The van der Waals surface area contributed by atoms with E-state index in [0.29, 0.717) is 0 Å². The van der Waals surface area contributed by atoms with Crippen LogP contribution in [0.3, 0.4) is 0 Å². The van der Waals surface area contributed by atoms with Gasteiger partial charge in [0.15, 0.2) is 0 Å². The first-order chi connectivity index (χ1) is 10.8. The van der Waals surface area contributed by atoms with Gasteiger partial charge in [0, 0.05) is 36.6 Å². The minimum Gasteiger partial charge on any atom is -0.309 e. The Morgan fingerprint density at radius 3 is 2.55 bits per heavy atom. The molecule has 110 valence electrons. The van der Waals surface area contributed by atoms with Gasteiger partial charge in [-0.3, -0.25) is 9.67 Å². The lowest BCUT2D eigenvalue weighted by molar-refractivity contribution is 0.477. The first-order valence-corrected chi connectivity index (χ1v) is 7.29. The van der Waals surface area contributed by atoms with E-state index in [1.54, 1.807) is 24.5 Å². The molecule has 0 spiro atoms. The van der Waals surface area contributed by atoms with Crippen molar-refractivity contribution in [2.24, 2.45) is 0 Å². The lowest BCUT2D eigenvalue weighted by Gasteiger charge is -2.16. The van der Waals surface area contributed by atoms with Gasteiger partial charge in [0.05, 0.1) is 12.2 Å². The number of hydrogen-bond acceptors (Lipinski definition) is 3. The zero-order chi connectivity index (χ0) is 14.9. The standard InChI is InChI=1S/C17H15FN4/c18-14-3-1-13(2-4-14)17-16(12-5-7-19-8-6-12)15-11-20-9-10-22(15)21-17/h1-8,20H,9-11H2. The monoisotopic (exact) mass is 294 g/mol.